The number of hydrogen-bond acceptors (Lipinski definition) is 1. The van der Waals surface area contributed by atoms with E-state index < -0.39 is 0 Å². The molecule has 1 atom stereocenters. The summed E-state index contributed by atoms with van der Waals surface area (Å²) < 4.78 is 14.3. The lowest BCUT2D eigenvalue weighted by molar-refractivity contribution is -0.122. The van der Waals surface area contributed by atoms with E-state index in [0.717, 1.165) is 35.7 Å². The molecular weight excluding hydrogens is 297 g/mol. The third kappa shape index (κ3) is 2.58. The minimum absolute atomic E-state index is 0.0589. The van der Waals surface area contributed by atoms with Crippen molar-refractivity contribution in [2.45, 2.75) is 38.0 Å². The van der Waals surface area contributed by atoms with Crippen LogP contribution in [0.2, 0.25) is 0 Å². The summed E-state index contributed by atoms with van der Waals surface area (Å²) in [7, 11) is 0. The molecule has 0 radical (unpaired) electrons. The fourth-order valence-electron chi connectivity index (χ4n) is 2.56. The summed E-state index contributed by atoms with van der Waals surface area (Å²) in [5.74, 6) is -0.606. The van der Waals surface area contributed by atoms with Gasteiger partial charge in [-0.2, -0.15) is 0 Å². The summed E-state index contributed by atoms with van der Waals surface area (Å²) in [6, 6.07) is 4.75. The van der Waals surface area contributed by atoms with Gasteiger partial charge in [0.25, 0.3) is 0 Å². The highest BCUT2D eigenvalue weighted by Crippen LogP contribution is 2.54. The SMILES string of the molecule is CCC(CC1(c2cc(F)ccc2Br)CC1)C(N)=O. The number of primary amides is 1. The van der Waals surface area contributed by atoms with E-state index in [1.54, 1.807) is 12.1 Å². The van der Waals surface area contributed by atoms with Gasteiger partial charge in [-0.25, -0.2) is 4.39 Å². The summed E-state index contributed by atoms with van der Waals surface area (Å²) in [6.07, 6.45) is 3.46. The number of halogens is 2. The smallest absolute Gasteiger partial charge is 0.220 e. The van der Waals surface area contributed by atoms with Crippen LogP contribution < -0.4 is 5.73 Å². The lowest BCUT2D eigenvalue weighted by Crippen LogP contribution is -2.27. The van der Waals surface area contributed by atoms with Gasteiger partial charge in [-0.1, -0.05) is 22.9 Å². The van der Waals surface area contributed by atoms with E-state index in [1.807, 2.05) is 6.92 Å². The van der Waals surface area contributed by atoms with Crippen molar-refractivity contribution in [2.24, 2.45) is 11.7 Å². The minimum atomic E-state index is -0.253. The number of rotatable bonds is 5. The second-order valence-electron chi connectivity index (χ2n) is 5.12. The van der Waals surface area contributed by atoms with Gasteiger partial charge in [0.05, 0.1) is 0 Å². The predicted octanol–water partition coefficient (Wildman–Crippen LogP) is 3.52. The Morgan fingerprint density at radius 3 is 2.72 bits per heavy atom. The molecule has 1 aliphatic carbocycles. The second-order valence-corrected chi connectivity index (χ2v) is 5.97. The first kappa shape index (κ1) is 13.5. The minimum Gasteiger partial charge on any atom is -0.369 e. The number of hydrogen-bond donors (Lipinski definition) is 1. The fraction of sp³-hybridized carbons (Fsp3) is 0.500. The highest BCUT2D eigenvalue weighted by Gasteiger charge is 2.47. The number of nitrogens with two attached hydrogens (primary N) is 1. The Bertz CT molecular complexity index is 471. The molecule has 1 aromatic rings. The molecule has 98 valence electrons. The van der Waals surface area contributed by atoms with Gasteiger partial charge in [0.15, 0.2) is 0 Å². The molecule has 4 heteroatoms. The van der Waals surface area contributed by atoms with Gasteiger partial charge in [-0.05, 0) is 54.9 Å². The lowest BCUT2D eigenvalue weighted by Gasteiger charge is -2.21. The Morgan fingerprint density at radius 1 is 1.56 bits per heavy atom. The molecule has 0 aliphatic heterocycles. The maximum absolute atomic E-state index is 13.4. The van der Waals surface area contributed by atoms with Crippen LogP contribution in [0.1, 0.15) is 38.2 Å². The quantitative estimate of drug-likeness (QED) is 0.888. The summed E-state index contributed by atoms with van der Waals surface area (Å²) in [5.41, 5.74) is 6.32. The predicted molar refractivity (Wildman–Crippen MR) is 72.6 cm³/mol. The van der Waals surface area contributed by atoms with Crippen molar-refractivity contribution in [3.8, 4) is 0 Å². The molecule has 0 spiro atoms. The monoisotopic (exact) mass is 313 g/mol. The normalized spacial score (nSPS) is 18.4. The molecule has 1 fully saturated rings. The first-order chi connectivity index (χ1) is 8.48. The van der Waals surface area contributed by atoms with Crippen LogP contribution in [0.5, 0.6) is 0 Å². The van der Waals surface area contributed by atoms with Crippen molar-refractivity contribution in [1.29, 1.82) is 0 Å². The van der Waals surface area contributed by atoms with Gasteiger partial charge < -0.3 is 5.73 Å². The molecule has 0 heterocycles. The fourth-order valence-corrected chi connectivity index (χ4v) is 3.22. The standard InChI is InChI=1S/C14H17BrFNO/c1-2-9(13(17)18)8-14(5-6-14)11-7-10(16)3-4-12(11)15/h3-4,7,9H,2,5-6,8H2,1H3,(H2,17,18). The molecule has 0 aromatic heterocycles. The van der Waals surface area contributed by atoms with Crippen molar-refractivity contribution >= 4 is 21.8 Å². The Labute approximate surface area is 115 Å². The zero-order chi connectivity index (χ0) is 13.3. The Morgan fingerprint density at radius 2 is 2.22 bits per heavy atom. The average Bonchev–Trinajstić information content (AvgIpc) is 3.10. The summed E-state index contributed by atoms with van der Waals surface area (Å²) in [5, 5.41) is 0. The van der Waals surface area contributed by atoms with Crippen LogP contribution in [-0.2, 0) is 10.2 Å². The van der Waals surface area contributed by atoms with Crippen molar-refractivity contribution in [3.05, 3.63) is 34.1 Å². The average molecular weight is 314 g/mol. The number of benzene rings is 1. The molecule has 1 aromatic carbocycles. The van der Waals surface area contributed by atoms with Crippen LogP contribution in [0.25, 0.3) is 0 Å². The first-order valence-electron chi connectivity index (χ1n) is 6.23. The molecule has 2 rings (SSSR count). The van der Waals surface area contributed by atoms with E-state index in [1.165, 1.54) is 6.07 Å². The van der Waals surface area contributed by atoms with E-state index in [0.29, 0.717) is 0 Å². The number of amides is 1. The van der Waals surface area contributed by atoms with Crippen molar-refractivity contribution in [1.82, 2.24) is 0 Å². The third-order valence-electron chi connectivity index (χ3n) is 3.89. The van der Waals surface area contributed by atoms with Gasteiger partial charge in [-0.15, -0.1) is 0 Å². The number of carbonyl (C=O) groups excluding carboxylic acids is 1. The maximum atomic E-state index is 13.4. The van der Waals surface area contributed by atoms with Gasteiger partial charge in [0, 0.05) is 10.4 Å². The van der Waals surface area contributed by atoms with Crippen LogP contribution in [0.15, 0.2) is 22.7 Å². The van der Waals surface area contributed by atoms with E-state index in [9.17, 15) is 9.18 Å². The summed E-state index contributed by atoms with van der Waals surface area (Å²) >= 11 is 3.47. The van der Waals surface area contributed by atoms with Gasteiger partial charge in [0.2, 0.25) is 5.91 Å². The molecule has 2 nitrogen and oxygen atoms in total. The van der Waals surface area contributed by atoms with E-state index >= 15 is 0 Å². The molecule has 1 unspecified atom stereocenters. The zero-order valence-electron chi connectivity index (χ0n) is 10.4. The van der Waals surface area contributed by atoms with E-state index in [4.69, 9.17) is 5.73 Å². The zero-order valence-corrected chi connectivity index (χ0v) is 12.0. The van der Waals surface area contributed by atoms with Crippen LogP contribution in [0.3, 0.4) is 0 Å². The Balaban J connectivity index is 2.26. The Hall–Kier alpha value is -0.900. The van der Waals surface area contributed by atoms with Crippen molar-refractivity contribution < 1.29 is 9.18 Å². The van der Waals surface area contributed by atoms with Gasteiger partial charge >= 0.3 is 0 Å². The Kier molecular flexibility index (Phi) is 3.76. The highest BCUT2D eigenvalue weighted by molar-refractivity contribution is 9.10. The summed E-state index contributed by atoms with van der Waals surface area (Å²) in [6.45, 7) is 1.96. The first-order valence-corrected chi connectivity index (χ1v) is 7.02. The molecule has 1 amide bonds. The molecule has 2 N–H and O–H groups in total. The molecule has 1 saturated carbocycles. The van der Waals surface area contributed by atoms with Crippen molar-refractivity contribution in [3.63, 3.8) is 0 Å². The maximum Gasteiger partial charge on any atom is 0.220 e. The molecule has 0 bridgehead atoms. The van der Waals surface area contributed by atoms with Crippen LogP contribution in [0.4, 0.5) is 4.39 Å². The van der Waals surface area contributed by atoms with E-state index in [-0.39, 0.29) is 23.1 Å². The van der Waals surface area contributed by atoms with Gasteiger partial charge in [-0.3, -0.25) is 4.79 Å². The third-order valence-corrected chi connectivity index (χ3v) is 4.58. The van der Waals surface area contributed by atoms with Gasteiger partial charge in [0.1, 0.15) is 5.82 Å². The summed E-state index contributed by atoms with van der Waals surface area (Å²) in [4.78, 5) is 11.4. The van der Waals surface area contributed by atoms with Crippen LogP contribution in [-0.4, -0.2) is 5.91 Å². The number of carbonyl (C=O) groups is 1. The van der Waals surface area contributed by atoms with E-state index in [2.05, 4.69) is 15.9 Å². The molecule has 18 heavy (non-hydrogen) atoms. The largest absolute Gasteiger partial charge is 0.369 e. The second kappa shape index (κ2) is 5.00. The van der Waals surface area contributed by atoms with Crippen molar-refractivity contribution in [2.75, 3.05) is 0 Å². The molecule has 1 aliphatic rings. The molecular formula is C14H17BrFNO. The highest BCUT2D eigenvalue weighted by atomic mass is 79.9. The topological polar surface area (TPSA) is 43.1 Å². The lowest BCUT2D eigenvalue weighted by atomic mass is 9.84. The van der Waals surface area contributed by atoms with Crippen LogP contribution >= 0.6 is 15.9 Å². The molecule has 0 saturated heterocycles. The van der Waals surface area contributed by atoms with Crippen LogP contribution in [0, 0.1) is 11.7 Å².